The quantitative estimate of drug-likeness (QED) is 0.411. The normalized spacial score (nSPS) is 16.6. The Hall–Kier alpha value is -3.85. The third kappa shape index (κ3) is 6.34. The molecule has 0 radical (unpaired) electrons. The first-order valence-electron chi connectivity index (χ1n) is 13.0. The number of urea groups is 1. The second-order valence-corrected chi connectivity index (χ2v) is 9.95. The molecule has 0 spiro atoms. The van der Waals surface area contributed by atoms with Gasteiger partial charge in [0, 0.05) is 32.2 Å². The largest absolute Gasteiger partial charge is 0.493 e. The topological polar surface area (TPSA) is 85.6 Å². The number of nitrogens with one attached hydrogen (secondary N) is 1. The molecule has 0 saturated carbocycles. The number of hydrogen-bond donors (Lipinski definition) is 1. The summed E-state index contributed by atoms with van der Waals surface area (Å²) in [7, 11) is 1.63. The Morgan fingerprint density at radius 3 is 2.71 bits per heavy atom. The number of nitrogens with zero attached hydrogens (tertiary/aromatic N) is 2. The van der Waals surface area contributed by atoms with Crippen LogP contribution < -0.4 is 24.3 Å². The molecule has 1 aromatic heterocycles. The van der Waals surface area contributed by atoms with E-state index in [2.05, 4.69) is 10.2 Å². The maximum Gasteiger partial charge on any atom is 0.318 e. The van der Waals surface area contributed by atoms with Crippen LogP contribution in [0.25, 0.3) is 0 Å². The van der Waals surface area contributed by atoms with Crippen LogP contribution in [0.1, 0.15) is 37.2 Å². The van der Waals surface area contributed by atoms with E-state index in [9.17, 15) is 4.79 Å². The lowest BCUT2D eigenvalue weighted by Crippen LogP contribution is -2.45. The van der Waals surface area contributed by atoms with E-state index in [0.717, 1.165) is 48.7 Å². The molecule has 1 unspecified atom stereocenters. The number of carbonyl (C=O) groups excluding carboxylic acids is 1. The first-order valence-corrected chi connectivity index (χ1v) is 13.0. The number of ether oxygens (including phenoxy) is 4. The minimum Gasteiger partial charge on any atom is -0.493 e. The molecular formula is C29H35N3O6. The number of methoxy groups -OCH3 is 1. The highest BCUT2D eigenvalue weighted by molar-refractivity contribution is 5.74. The monoisotopic (exact) mass is 521 g/mol. The van der Waals surface area contributed by atoms with Crippen molar-refractivity contribution >= 4 is 6.03 Å². The van der Waals surface area contributed by atoms with Gasteiger partial charge in [0.1, 0.15) is 11.5 Å². The smallest absolute Gasteiger partial charge is 0.318 e. The Morgan fingerprint density at radius 1 is 1.13 bits per heavy atom. The molecule has 0 aliphatic carbocycles. The number of furan rings is 1. The van der Waals surface area contributed by atoms with Crippen LogP contribution in [0, 0.1) is 0 Å². The minimum atomic E-state index is -0.111. The molecule has 38 heavy (non-hydrogen) atoms. The minimum absolute atomic E-state index is 0.0549. The number of fused-ring (bicyclic) bond motifs is 1. The summed E-state index contributed by atoms with van der Waals surface area (Å²) in [5.74, 6) is 3.60. The average Bonchev–Trinajstić information content (AvgIpc) is 3.67. The van der Waals surface area contributed by atoms with E-state index in [1.807, 2.05) is 62.4 Å². The molecule has 2 amide bonds. The van der Waals surface area contributed by atoms with Gasteiger partial charge in [-0.15, -0.1) is 0 Å². The maximum atomic E-state index is 13.4. The predicted molar refractivity (Wildman–Crippen MR) is 141 cm³/mol. The highest BCUT2D eigenvalue weighted by atomic mass is 16.7. The molecular weight excluding hydrogens is 486 g/mol. The van der Waals surface area contributed by atoms with Crippen molar-refractivity contribution in [2.45, 2.75) is 52.0 Å². The van der Waals surface area contributed by atoms with Crippen molar-refractivity contribution in [2.75, 3.05) is 27.0 Å². The second-order valence-electron chi connectivity index (χ2n) is 9.95. The predicted octanol–water partition coefficient (Wildman–Crippen LogP) is 4.79. The fraction of sp³-hybridized carbons (Fsp3) is 0.414. The molecule has 9 nitrogen and oxygen atoms in total. The Bertz CT molecular complexity index is 1210. The van der Waals surface area contributed by atoms with Crippen molar-refractivity contribution in [3.05, 3.63) is 71.7 Å². The summed E-state index contributed by atoms with van der Waals surface area (Å²) in [6.07, 6.45) is 2.62. The summed E-state index contributed by atoms with van der Waals surface area (Å²) < 4.78 is 27.8. The van der Waals surface area contributed by atoms with E-state index in [1.165, 1.54) is 0 Å². The lowest BCUT2D eigenvalue weighted by atomic mass is 10.1. The molecule has 2 aromatic carbocycles. The van der Waals surface area contributed by atoms with Crippen LogP contribution in [-0.2, 0) is 19.6 Å². The average molecular weight is 522 g/mol. The number of likely N-dealkylation sites (tertiary alicyclic amines) is 1. The number of benzene rings is 2. The van der Waals surface area contributed by atoms with Crippen LogP contribution in [0.3, 0.4) is 0 Å². The molecule has 5 rings (SSSR count). The van der Waals surface area contributed by atoms with Gasteiger partial charge in [0.05, 0.1) is 26.0 Å². The summed E-state index contributed by atoms with van der Waals surface area (Å²) in [5, 5.41) is 3.24. The fourth-order valence-corrected chi connectivity index (χ4v) is 4.85. The van der Waals surface area contributed by atoms with Crippen LogP contribution in [-0.4, -0.2) is 55.0 Å². The summed E-state index contributed by atoms with van der Waals surface area (Å²) >= 11 is 0. The van der Waals surface area contributed by atoms with Gasteiger partial charge in [-0.3, -0.25) is 4.90 Å². The number of hydrogen-bond acceptors (Lipinski definition) is 7. The second kappa shape index (κ2) is 11.7. The molecule has 2 aliphatic heterocycles. The van der Waals surface area contributed by atoms with Crippen molar-refractivity contribution in [1.29, 1.82) is 0 Å². The molecule has 3 heterocycles. The summed E-state index contributed by atoms with van der Waals surface area (Å²) in [5.41, 5.74) is 2.11. The lowest BCUT2D eigenvalue weighted by Gasteiger charge is -2.25. The maximum absolute atomic E-state index is 13.4. The van der Waals surface area contributed by atoms with Gasteiger partial charge in [0.25, 0.3) is 0 Å². The third-order valence-corrected chi connectivity index (χ3v) is 6.61. The Kier molecular flexibility index (Phi) is 7.93. The van der Waals surface area contributed by atoms with Crippen molar-refractivity contribution in [3.63, 3.8) is 0 Å². The first kappa shape index (κ1) is 25.8. The number of carbonyl (C=O) groups is 1. The zero-order valence-electron chi connectivity index (χ0n) is 22.1. The van der Waals surface area contributed by atoms with E-state index in [-0.39, 0.29) is 25.0 Å². The van der Waals surface area contributed by atoms with Crippen molar-refractivity contribution in [1.82, 2.24) is 15.1 Å². The molecule has 1 N–H and O–H groups in total. The highest BCUT2D eigenvalue weighted by Crippen LogP contribution is 2.42. The van der Waals surface area contributed by atoms with Gasteiger partial charge in [-0.05, 0) is 67.8 Å². The van der Waals surface area contributed by atoms with Crippen LogP contribution in [0.15, 0.2) is 59.2 Å². The number of amides is 2. The first-order chi connectivity index (χ1) is 18.5. The van der Waals surface area contributed by atoms with Gasteiger partial charge in [-0.25, -0.2) is 4.79 Å². The van der Waals surface area contributed by atoms with E-state index in [0.29, 0.717) is 30.3 Å². The Morgan fingerprint density at radius 2 is 1.97 bits per heavy atom. The molecule has 1 saturated heterocycles. The zero-order chi connectivity index (χ0) is 26.5. The summed E-state index contributed by atoms with van der Waals surface area (Å²) in [6.45, 7) is 7.43. The molecule has 0 bridgehead atoms. The molecule has 2 aliphatic rings. The van der Waals surface area contributed by atoms with Crippen molar-refractivity contribution in [3.8, 4) is 23.0 Å². The van der Waals surface area contributed by atoms with Gasteiger partial charge in [0.15, 0.2) is 11.5 Å². The van der Waals surface area contributed by atoms with E-state index < -0.39 is 0 Å². The standard InChI is InChI=1S/C29H35N3O6/c1-20(2)38-24-8-6-21(7-9-24)16-32(18-25-5-4-12-35-25)29(33)30-23-10-11-31(17-23)15-22-13-26(34-3)28-27(14-22)36-19-37-28/h4-9,12-14,20,23H,10-11,15-19H2,1-3H3,(H,30,33). The van der Waals surface area contributed by atoms with Gasteiger partial charge < -0.3 is 33.6 Å². The van der Waals surface area contributed by atoms with E-state index in [1.54, 1.807) is 18.3 Å². The Labute approximate surface area is 223 Å². The van der Waals surface area contributed by atoms with Gasteiger partial charge in [-0.2, -0.15) is 0 Å². The van der Waals surface area contributed by atoms with E-state index >= 15 is 0 Å². The van der Waals surface area contributed by atoms with Gasteiger partial charge in [-0.1, -0.05) is 12.1 Å². The molecule has 202 valence electrons. The zero-order valence-corrected chi connectivity index (χ0v) is 22.1. The fourth-order valence-electron chi connectivity index (χ4n) is 4.85. The summed E-state index contributed by atoms with van der Waals surface area (Å²) in [6, 6.07) is 15.5. The highest BCUT2D eigenvalue weighted by Gasteiger charge is 2.27. The van der Waals surface area contributed by atoms with Crippen molar-refractivity contribution < 1.29 is 28.2 Å². The SMILES string of the molecule is COc1cc(CN2CCC(NC(=O)N(Cc3ccc(OC(C)C)cc3)Cc3ccco3)C2)cc2c1OCO2. The van der Waals surface area contributed by atoms with Gasteiger partial charge in [0.2, 0.25) is 12.5 Å². The summed E-state index contributed by atoms with van der Waals surface area (Å²) in [4.78, 5) is 17.5. The van der Waals surface area contributed by atoms with Crippen LogP contribution >= 0.6 is 0 Å². The van der Waals surface area contributed by atoms with Crippen LogP contribution in [0.4, 0.5) is 4.79 Å². The Balaban J connectivity index is 1.20. The third-order valence-electron chi connectivity index (χ3n) is 6.61. The van der Waals surface area contributed by atoms with Crippen LogP contribution in [0.2, 0.25) is 0 Å². The number of rotatable bonds is 10. The lowest BCUT2D eigenvalue weighted by molar-refractivity contribution is 0.171. The van der Waals surface area contributed by atoms with Crippen molar-refractivity contribution in [2.24, 2.45) is 0 Å². The van der Waals surface area contributed by atoms with Gasteiger partial charge >= 0.3 is 6.03 Å². The van der Waals surface area contributed by atoms with E-state index in [4.69, 9.17) is 23.4 Å². The molecule has 9 heteroatoms. The molecule has 1 atom stereocenters. The van der Waals surface area contributed by atoms with Crippen LogP contribution in [0.5, 0.6) is 23.0 Å². The molecule has 1 fully saturated rings. The molecule has 3 aromatic rings.